The Bertz CT molecular complexity index is 2550. The van der Waals surface area contributed by atoms with E-state index in [0.29, 0.717) is 17.6 Å². The lowest BCUT2D eigenvalue weighted by atomic mass is 9.86. The number of aromatic nitrogens is 4. The molecule has 2 aliphatic rings. The summed E-state index contributed by atoms with van der Waals surface area (Å²) in [7, 11) is 0. The van der Waals surface area contributed by atoms with Crippen LogP contribution < -0.4 is 4.90 Å². The van der Waals surface area contributed by atoms with Crippen LogP contribution in [0, 0.1) is 0 Å². The number of para-hydroxylation sites is 3. The third kappa shape index (κ3) is 4.59. The topological polar surface area (TPSA) is 46.8 Å². The fraction of sp³-hybridized carbons (Fsp3) is 0.0444. The molecule has 0 bridgehead atoms. The second-order valence-electron chi connectivity index (χ2n) is 12.9. The standard InChI is InChI=1S/C45H31N5/c1-4-14-30(15-5-1)43-46-44(31-16-6-2-7-17-31)48-45(47-43)50-40-23-13-11-21-36(40)38-29-33(25-27-42(38)50)32-24-26-41-37(28-32)35-20-10-12-22-39(35)49(41)34-18-8-3-9-19-34/h1-29,37,41H. The van der Waals surface area contributed by atoms with Crippen molar-refractivity contribution in [2.75, 3.05) is 4.90 Å². The van der Waals surface area contributed by atoms with Crippen LogP contribution in [0.3, 0.4) is 0 Å². The predicted molar refractivity (Wildman–Crippen MR) is 204 cm³/mol. The quantitative estimate of drug-likeness (QED) is 0.188. The van der Waals surface area contributed by atoms with Gasteiger partial charge in [0.2, 0.25) is 5.95 Å². The van der Waals surface area contributed by atoms with E-state index in [1.54, 1.807) is 0 Å². The summed E-state index contributed by atoms with van der Waals surface area (Å²) in [4.78, 5) is 17.6. The largest absolute Gasteiger partial charge is 0.333 e. The first-order valence-corrected chi connectivity index (χ1v) is 17.0. The maximum absolute atomic E-state index is 5.09. The summed E-state index contributed by atoms with van der Waals surface area (Å²) < 4.78 is 2.18. The predicted octanol–water partition coefficient (Wildman–Crippen LogP) is 10.6. The lowest BCUT2D eigenvalue weighted by Crippen LogP contribution is -2.28. The summed E-state index contributed by atoms with van der Waals surface area (Å²) in [6, 6.07) is 55.4. The first-order valence-electron chi connectivity index (χ1n) is 17.0. The van der Waals surface area contributed by atoms with E-state index in [2.05, 4.69) is 125 Å². The lowest BCUT2D eigenvalue weighted by molar-refractivity contribution is 0.747. The molecule has 2 unspecified atom stereocenters. The summed E-state index contributed by atoms with van der Waals surface area (Å²) in [5, 5.41) is 2.32. The first kappa shape index (κ1) is 28.4. The van der Waals surface area contributed by atoms with Crippen LogP contribution in [-0.4, -0.2) is 25.6 Å². The zero-order valence-corrected chi connectivity index (χ0v) is 27.1. The molecule has 0 N–H and O–H groups in total. The number of hydrogen-bond acceptors (Lipinski definition) is 4. The van der Waals surface area contributed by atoms with Gasteiger partial charge in [-0.1, -0.05) is 140 Å². The molecule has 5 nitrogen and oxygen atoms in total. The number of anilines is 2. The molecule has 0 saturated heterocycles. The highest BCUT2D eigenvalue weighted by atomic mass is 15.2. The van der Waals surface area contributed by atoms with Crippen molar-refractivity contribution in [2.24, 2.45) is 0 Å². The number of rotatable bonds is 5. The molecule has 6 aromatic carbocycles. The monoisotopic (exact) mass is 641 g/mol. The van der Waals surface area contributed by atoms with Crippen molar-refractivity contribution >= 4 is 38.8 Å². The molecule has 0 spiro atoms. The highest BCUT2D eigenvalue weighted by Crippen LogP contribution is 2.49. The molecule has 1 aliphatic heterocycles. The first-order chi connectivity index (χ1) is 24.8. The molecular weight excluding hydrogens is 611 g/mol. The van der Waals surface area contributed by atoms with Gasteiger partial charge in [0, 0.05) is 39.2 Å². The number of allylic oxidation sites excluding steroid dienone is 2. The van der Waals surface area contributed by atoms with Gasteiger partial charge in [0.25, 0.3) is 0 Å². The lowest BCUT2D eigenvalue weighted by Gasteiger charge is -2.29. The number of fused-ring (bicyclic) bond motifs is 6. The minimum atomic E-state index is 0.227. The molecule has 0 fully saturated rings. The van der Waals surface area contributed by atoms with Crippen LogP contribution in [0.4, 0.5) is 11.4 Å². The van der Waals surface area contributed by atoms with Crippen LogP contribution in [0.25, 0.3) is 56.1 Å². The summed E-state index contributed by atoms with van der Waals surface area (Å²) in [6.07, 6.45) is 7.13. The van der Waals surface area contributed by atoms with Crippen LogP contribution in [-0.2, 0) is 0 Å². The molecule has 8 aromatic rings. The molecule has 0 amide bonds. The number of benzene rings is 6. The van der Waals surface area contributed by atoms with Gasteiger partial charge in [-0.25, -0.2) is 4.98 Å². The van der Waals surface area contributed by atoms with Gasteiger partial charge in [-0.2, -0.15) is 9.97 Å². The Kier molecular flexibility index (Phi) is 6.56. The van der Waals surface area contributed by atoms with Gasteiger partial charge < -0.3 is 4.90 Å². The van der Waals surface area contributed by atoms with E-state index >= 15 is 0 Å². The summed E-state index contributed by atoms with van der Waals surface area (Å²) in [6.45, 7) is 0. The molecule has 3 heterocycles. The van der Waals surface area contributed by atoms with E-state index in [1.807, 2.05) is 60.7 Å². The molecule has 50 heavy (non-hydrogen) atoms. The Morgan fingerprint density at radius 1 is 0.500 bits per heavy atom. The molecule has 10 rings (SSSR count). The van der Waals surface area contributed by atoms with Crippen molar-refractivity contribution in [3.05, 3.63) is 187 Å². The second-order valence-corrected chi connectivity index (χ2v) is 12.9. The molecule has 0 radical (unpaired) electrons. The normalized spacial score (nSPS) is 16.4. The van der Waals surface area contributed by atoms with Gasteiger partial charge in [0.05, 0.1) is 17.1 Å². The Morgan fingerprint density at radius 2 is 1.12 bits per heavy atom. The Hall–Kier alpha value is -6.59. The van der Waals surface area contributed by atoms with Gasteiger partial charge in [0.15, 0.2) is 11.6 Å². The van der Waals surface area contributed by atoms with E-state index in [9.17, 15) is 0 Å². The fourth-order valence-corrected chi connectivity index (χ4v) is 7.70. The summed E-state index contributed by atoms with van der Waals surface area (Å²) in [5.74, 6) is 2.14. The molecule has 1 aliphatic carbocycles. The second kappa shape index (κ2) is 11.5. The van der Waals surface area contributed by atoms with Gasteiger partial charge in [-0.3, -0.25) is 4.57 Å². The molecule has 2 aromatic heterocycles. The van der Waals surface area contributed by atoms with E-state index in [4.69, 9.17) is 15.0 Å². The van der Waals surface area contributed by atoms with Crippen molar-refractivity contribution < 1.29 is 0 Å². The maximum Gasteiger partial charge on any atom is 0.238 e. The minimum Gasteiger partial charge on any atom is -0.333 e. The van der Waals surface area contributed by atoms with Crippen molar-refractivity contribution in [2.45, 2.75) is 12.0 Å². The van der Waals surface area contributed by atoms with Crippen LogP contribution in [0.15, 0.2) is 176 Å². The fourth-order valence-electron chi connectivity index (χ4n) is 7.70. The van der Waals surface area contributed by atoms with E-state index in [1.165, 1.54) is 28.1 Å². The van der Waals surface area contributed by atoms with Gasteiger partial charge in [-0.15, -0.1) is 0 Å². The maximum atomic E-state index is 5.09. The average molecular weight is 642 g/mol. The Morgan fingerprint density at radius 3 is 1.86 bits per heavy atom. The van der Waals surface area contributed by atoms with E-state index < -0.39 is 0 Å². The smallest absolute Gasteiger partial charge is 0.238 e. The van der Waals surface area contributed by atoms with Crippen molar-refractivity contribution in [1.82, 2.24) is 19.5 Å². The van der Waals surface area contributed by atoms with Gasteiger partial charge >= 0.3 is 0 Å². The molecular formula is C45H31N5. The number of nitrogens with zero attached hydrogens (tertiary/aromatic N) is 5. The zero-order chi connectivity index (χ0) is 33.0. The molecule has 2 atom stereocenters. The molecule has 236 valence electrons. The van der Waals surface area contributed by atoms with Crippen LogP contribution in [0.1, 0.15) is 17.0 Å². The zero-order valence-electron chi connectivity index (χ0n) is 27.1. The van der Waals surface area contributed by atoms with Crippen molar-refractivity contribution in [3.63, 3.8) is 0 Å². The minimum absolute atomic E-state index is 0.227. The summed E-state index contributed by atoms with van der Waals surface area (Å²) in [5.41, 5.74) is 10.3. The van der Waals surface area contributed by atoms with Crippen LogP contribution in [0.5, 0.6) is 0 Å². The van der Waals surface area contributed by atoms with Gasteiger partial charge in [0.1, 0.15) is 0 Å². The average Bonchev–Trinajstić information content (AvgIpc) is 3.71. The highest BCUT2D eigenvalue weighted by molar-refractivity contribution is 6.10. The summed E-state index contributed by atoms with van der Waals surface area (Å²) >= 11 is 0. The van der Waals surface area contributed by atoms with Gasteiger partial charge in [-0.05, 0) is 53.1 Å². The van der Waals surface area contributed by atoms with E-state index in [0.717, 1.165) is 32.9 Å². The van der Waals surface area contributed by atoms with Crippen molar-refractivity contribution in [3.8, 4) is 28.7 Å². The van der Waals surface area contributed by atoms with E-state index in [-0.39, 0.29) is 12.0 Å². The molecule has 5 heteroatoms. The SMILES string of the molecule is C1=CC2C(C=C1c1ccc3c(c1)c1ccccc1n3-c1nc(-c3ccccc3)nc(-c3ccccc3)n1)c1ccccc1N2c1ccccc1. The number of hydrogen-bond donors (Lipinski definition) is 0. The third-order valence-corrected chi connectivity index (χ3v) is 9.98. The third-order valence-electron chi connectivity index (χ3n) is 9.98. The highest BCUT2D eigenvalue weighted by Gasteiger charge is 2.38. The molecule has 0 saturated carbocycles. The van der Waals surface area contributed by atoms with Crippen LogP contribution in [0.2, 0.25) is 0 Å². The van der Waals surface area contributed by atoms with Crippen LogP contribution >= 0.6 is 0 Å². The van der Waals surface area contributed by atoms with Crippen molar-refractivity contribution in [1.29, 1.82) is 0 Å². The Balaban J connectivity index is 1.11. The Labute approximate surface area is 290 Å².